The van der Waals surface area contributed by atoms with E-state index in [-0.39, 0.29) is 12.3 Å². The lowest BCUT2D eigenvalue weighted by molar-refractivity contribution is -0.167. The minimum Gasteiger partial charge on any atom is -0.481 e. The average molecular weight is 190 g/mol. The molecule has 0 amide bonds. The lowest BCUT2D eigenvalue weighted by Crippen LogP contribution is -2.52. The quantitative estimate of drug-likeness (QED) is 0.417. The SMILES string of the molecule is CC1CC(C(=O)O)C(O)C(O)C1O. The van der Waals surface area contributed by atoms with Gasteiger partial charge in [-0.1, -0.05) is 6.92 Å². The second-order valence-electron chi connectivity index (χ2n) is 3.63. The Morgan fingerprint density at radius 1 is 1.15 bits per heavy atom. The van der Waals surface area contributed by atoms with E-state index < -0.39 is 30.2 Å². The van der Waals surface area contributed by atoms with Gasteiger partial charge in [-0.25, -0.2) is 0 Å². The predicted molar refractivity (Wildman–Crippen MR) is 42.9 cm³/mol. The molecule has 5 unspecified atom stereocenters. The number of aliphatic carboxylic acids is 1. The van der Waals surface area contributed by atoms with E-state index in [9.17, 15) is 20.1 Å². The number of rotatable bonds is 1. The minimum atomic E-state index is -1.37. The summed E-state index contributed by atoms with van der Waals surface area (Å²) in [6.45, 7) is 1.65. The van der Waals surface area contributed by atoms with E-state index in [0.29, 0.717) is 0 Å². The van der Waals surface area contributed by atoms with Crippen molar-refractivity contribution in [3.63, 3.8) is 0 Å². The summed E-state index contributed by atoms with van der Waals surface area (Å²) in [5, 5.41) is 36.6. The third kappa shape index (κ3) is 1.82. The zero-order valence-corrected chi connectivity index (χ0v) is 7.29. The molecule has 1 rings (SSSR count). The molecule has 1 aliphatic carbocycles. The molecule has 13 heavy (non-hydrogen) atoms. The van der Waals surface area contributed by atoms with Gasteiger partial charge in [0, 0.05) is 0 Å². The fourth-order valence-corrected chi connectivity index (χ4v) is 1.70. The van der Waals surface area contributed by atoms with E-state index >= 15 is 0 Å². The highest BCUT2D eigenvalue weighted by molar-refractivity contribution is 5.71. The van der Waals surface area contributed by atoms with E-state index in [1.54, 1.807) is 6.92 Å². The van der Waals surface area contributed by atoms with Gasteiger partial charge in [-0.3, -0.25) is 4.79 Å². The molecule has 1 saturated carbocycles. The van der Waals surface area contributed by atoms with Gasteiger partial charge in [0.25, 0.3) is 0 Å². The van der Waals surface area contributed by atoms with Crippen LogP contribution in [-0.4, -0.2) is 44.7 Å². The second kappa shape index (κ2) is 3.61. The number of aliphatic hydroxyl groups is 3. The first-order valence-electron chi connectivity index (χ1n) is 4.22. The molecule has 0 aromatic rings. The van der Waals surface area contributed by atoms with Gasteiger partial charge in [-0.05, 0) is 12.3 Å². The standard InChI is InChI=1S/C8H14O5/c1-3-2-4(8(12)13)6(10)7(11)5(3)9/h3-7,9-11H,2H2,1H3,(H,12,13). The Balaban J connectivity index is 2.76. The molecule has 0 aliphatic heterocycles. The van der Waals surface area contributed by atoms with Crippen molar-refractivity contribution in [1.82, 2.24) is 0 Å². The molecule has 0 heterocycles. The van der Waals surface area contributed by atoms with E-state index in [0.717, 1.165) is 0 Å². The summed E-state index contributed by atoms with van der Waals surface area (Å²) in [6.07, 6.45) is -3.58. The fraction of sp³-hybridized carbons (Fsp3) is 0.875. The summed E-state index contributed by atoms with van der Waals surface area (Å²) in [4.78, 5) is 10.6. The third-order valence-electron chi connectivity index (χ3n) is 2.64. The molecule has 4 N–H and O–H groups in total. The average Bonchev–Trinajstić information content (AvgIpc) is 2.07. The van der Waals surface area contributed by atoms with Crippen LogP contribution in [0.15, 0.2) is 0 Å². The highest BCUT2D eigenvalue weighted by atomic mass is 16.4. The molecule has 0 saturated heterocycles. The van der Waals surface area contributed by atoms with Crippen molar-refractivity contribution < 1.29 is 25.2 Å². The molecular weight excluding hydrogens is 176 g/mol. The van der Waals surface area contributed by atoms with Crippen molar-refractivity contribution in [3.05, 3.63) is 0 Å². The van der Waals surface area contributed by atoms with Crippen LogP contribution in [0.3, 0.4) is 0 Å². The van der Waals surface area contributed by atoms with E-state index in [2.05, 4.69) is 0 Å². The topological polar surface area (TPSA) is 98.0 Å². The molecule has 5 nitrogen and oxygen atoms in total. The Morgan fingerprint density at radius 2 is 1.69 bits per heavy atom. The lowest BCUT2D eigenvalue weighted by atomic mass is 9.76. The molecule has 5 atom stereocenters. The molecule has 0 spiro atoms. The number of carboxylic acids is 1. The van der Waals surface area contributed by atoms with Crippen LogP contribution >= 0.6 is 0 Å². The number of hydrogen-bond acceptors (Lipinski definition) is 4. The van der Waals surface area contributed by atoms with Crippen molar-refractivity contribution >= 4 is 5.97 Å². The van der Waals surface area contributed by atoms with Gasteiger partial charge in [0.05, 0.1) is 18.1 Å². The highest BCUT2D eigenvalue weighted by Crippen LogP contribution is 2.29. The van der Waals surface area contributed by atoms with E-state index in [1.807, 2.05) is 0 Å². The maximum atomic E-state index is 10.6. The highest BCUT2D eigenvalue weighted by Gasteiger charge is 2.43. The molecule has 0 aromatic carbocycles. The van der Waals surface area contributed by atoms with Crippen LogP contribution in [0.2, 0.25) is 0 Å². The van der Waals surface area contributed by atoms with Crippen LogP contribution in [0, 0.1) is 11.8 Å². The van der Waals surface area contributed by atoms with Crippen molar-refractivity contribution in [1.29, 1.82) is 0 Å². The second-order valence-corrected chi connectivity index (χ2v) is 3.63. The molecule has 0 radical (unpaired) electrons. The Labute approximate surface area is 75.6 Å². The number of carboxylic acid groups (broad SMARTS) is 1. The number of aliphatic hydroxyl groups excluding tert-OH is 3. The molecule has 1 fully saturated rings. The first kappa shape index (κ1) is 10.4. The van der Waals surface area contributed by atoms with Crippen LogP contribution < -0.4 is 0 Å². The zero-order chi connectivity index (χ0) is 10.2. The van der Waals surface area contributed by atoms with Gasteiger partial charge in [-0.2, -0.15) is 0 Å². The first-order chi connectivity index (χ1) is 5.95. The van der Waals surface area contributed by atoms with Crippen LogP contribution in [0.1, 0.15) is 13.3 Å². The Hall–Kier alpha value is -0.650. The molecule has 0 bridgehead atoms. The van der Waals surface area contributed by atoms with Gasteiger partial charge < -0.3 is 20.4 Å². The van der Waals surface area contributed by atoms with E-state index in [4.69, 9.17) is 5.11 Å². The van der Waals surface area contributed by atoms with Crippen LogP contribution in [-0.2, 0) is 4.79 Å². The summed E-state index contributed by atoms with van der Waals surface area (Å²) in [7, 11) is 0. The fourth-order valence-electron chi connectivity index (χ4n) is 1.70. The van der Waals surface area contributed by atoms with Gasteiger partial charge in [0.1, 0.15) is 6.10 Å². The van der Waals surface area contributed by atoms with Crippen LogP contribution in [0.4, 0.5) is 0 Å². The molecule has 1 aliphatic rings. The monoisotopic (exact) mass is 190 g/mol. The summed E-state index contributed by atoms with van der Waals surface area (Å²) < 4.78 is 0. The first-order valence-corrected chi connectivity index (χ1v) is 4.22. The maximum absolute atomic E-state index is 10.6. The molecule has 76 valence electrons. The van der Waals surface area contributed by atoms with Gasteiger partial charge in [-0.15, -0.1) is 0 Å². The maximum Gasteiger partial charge on any atom is 0.309 e. The zero-order valence-electron chi connectivity index (χ0n) is 7.29. The van der Waals surface area contributed by atoms with Crippen molar-refractivity contribution in [2.24, 2.45) is 11.8 Å². The summed E-state index contributed by atoms with van der Waals surface area (Å²) in [6, 6.07) is 0. The molecule has 5 heteroatoms. The predicted octanol–water partition coefficient (Wildman–Crippen LogP) is -1.19. The van der Waals surface area contributed by atoms with Crippen LogP contribution in [0.5, 0.6) is 0 Å². The van der Waals surface area contributed by atoms with Gasteiger partial charge in [0.15, 0.2) is 0 Å². The van der Waals surface area contributed by atoms with Gasteiger partial charge >= 0.3 is 5.97 Å². The van der Waals surface area contributed by atoms with Crippen LogP contribution in [0.25, 0.3) is 0 Å². The largest absolute Gasteiger partial charge is 0.481 e. The molecule has 0 aromatic heterocycles. The Morgan fingerprint density at radius 3 is 2.15 bits per heavy atom. The lowest BCUT2D eigenvalue weighted by Gasteiger charge is -2.37. The summed E-state index contributed by atoms with van der Waals surface area (Å²) >= 11 is 0. The normalized spacial score (nSPS) is 46.0. The smallest absolute Gasteiger partial charge is 0.309 e. The molecular formula is C8H14O5. The van der Waals surface area contributed by atoms with Crippen molar-refractivity contribution in [2.75, 3.05) is 0 Å². The number of hydrogen-bond donors (Lipinski definition) is 4. The summed E-state index contributed by atoms with van der Waals surface area (Å²) in [5.41, 5.74) is 0. The summed E-state index contributed by atoms with van der Waals surface area (Å²) in [5.74, 6) is -2.42. The third-order valence-corrected chi connectivity index (χ3v) is 2.64. The Bertz CT molecular complexity index is 205. The van der Waals surface area contributed by atoms with Crippen molar-refractivity contribution in [3.8, 4) is 0 Å². The minimum absolute atomic E-state index is 0.189. The van der Waals surface area contributed by atoms with Gasteiger partial charge in [0.2, 0.25) is 0 Å². The Kier molecular flexibility index (Phi) is 2.90. The number of carbonyl (C=O) groups is 1. The van der Waals surface area contributed by atoms with E-state index in [1.165, 1.54) is 0 Å². The van der Waals surface area contributed by atoms with Crippen molar-refractivity contribution in [2.45, 2.75) is 31.7 Å².